The Bertz CT molecular complexity index is 802. The Kier molecular flexibility index (Phi) is 6.36. The molecule has 7 heteroatoms. The van der Waals surface area contributed by atoms with Crippen LogP contribution in [0.15, 0.2) is 42.7 Å². The summed E-state index contributed by atoms with van der Waals surface area (Å²) in [6.07, 6.45) is 9.38. The van der Waals surface area contributed by atoms with Crippen LogP contribution in [0.25, 0.3) is 0 Å². The predicted octanol–water partition coefficient (Wildman–Crippen LogP) is 2.99. The van der Waals surface area contributed by atoms with Crippen molar-refractivity contribution in [2.75, 3.05) is 38.2 Å². The molecule has 2 fully saturated rings. The molecule has 154 valence electrons. The molecule has 7 nitrogen and oxygen atoms in total. The van der Waals surface area contributed by atoms with Gasteiger partial charge in [0.05, 0.1) is 13.2 Å². The standard InChI is InChI=1S/C22H29N5O2/c28-20(18-6-4-7-19(16-18)26-21-23-10-5-11-24-21)25-17-22(8-2-1-3-9-22)27-12-14-29-15-13-27/h4-7,10-11,16H,1-3,8-9,12-15,17H2,(H,25,28)(H,23,24,26). The molecule has 1 saturated heterocycles. The third-order valence-electron chi connectivity index (χ3n) is 5.99. The zero-order valence-corrected chi connectivity index (χ0v) is 16.8. The first kappa shape index (κ1) is 19.8. The number of nitrogens with one attached hydrogen (secondary N) is 2. The van der Waals surface area contributed by atoms with Gasteiger partial charge in [-0.2, -0.15) is 0 Å². The molecule has 2 N–H and O–H groups in total. The lowest BCUT2D eigenvalue weighted by Gasteiger charge is -2.48. The maximum Gasteiger partial charge on any atom is 0.251 e. The number of anilines is 2. The smallest absolute Gasteiger partial charge is 0.251 e. The van der Waals surface area contributed by atoms with Crippen molar-refractivity contribution in [1.82, 2.24) is 20.2 Å². The van der Waals surface area contributed by atoms with E-state index in [2.05, 4.69) is 25.5 Å². The van der Waals surface area contributed by atoms with Gasteiger partial charge in [-0.3, -0.25) is 9.69 Å². The highest BCUT2D eigenvalue weighted by atomic mass is 16.5. The fraction of sp³-hybridized carbons (Fsp3) is 0.500. The molecule has 0 atom stereocenters. The number of morpholine rings is 1. The quantitative estimate of drug-likeness (QED) is 0.783. The molecular formula is C22H29N5O2. The molecule has 1 saturated carbocycles. The van der Waals surface area contributed by atoms with Crippen molar-refractivity contribution in [2.45, 2.75) is 37.6 Å². The van der Waals surface area contributed by atoms with Crippen molar-refractivity contribution in [1.29, 1.82) is 0 Å². The van der Waals surface area contributed by atoms with Crippen LogP contribution in [0.1, 0.15) is 42.5 Å². The summed E-state index contributed by atoms with van der Waals surface area (Å²) in [5.41, 5.74) is 1.49. The lowest BCUT2D eigenvalue weighted by molar-refractivity contribution is -0.0361. The van der Waals surface area contributed by atoms with E-state index in [1.54, 1.807) is 18.5 Å². The Morgan fingerprint density at radius 2 is 1.83 bits per heavy atom. The molecule has 2 heterocycles. The topological polar surface area (TPSA) is 79.4 Å². The van der Waals surface area contributed by atoms with Gasteiger partial charge in [-0.05, 0) is 37.1 Å². The average molecular weight is 396 g/mol. The fourth-order valence-electron chi connectivity index (χ4n) is 4.43. The van der Waals surface area contributed by atoms with Crippen LogP contribution in [-0.2, 0) is 4.74 Å². The number of amides is 1. The van der Waals surface area contributed by atoms with E-state index >= 15 is 0 Å². The average Bonchev–Trinajstić information content (AvgIpc) is 2.79. The maximum atomic E-state index is 12.9. The summed E-state index contributed by atoms with van der Waals surface area (Å²) in [6.45, 7) is 4.15. The predicted molar refractivity (Wildman–Crippen MR) is 112 cm³/mol. The van der Waals surface area contributed by atoms with Crippen LogP contribution in [0.2, 0.25) is 0 Å². The molecule has 0 radical (unpaired) electrons. The third-order valence-corrected chi connectivity index (χ3v) is 5.99. The van der Waals surface area contributed by atoms with Gasteiger partial charge in [0.1, 0.15) is 0 Å². The van der Waals surface area contributed by atoms with E-state index in [1.807, 2.05) is 24.3 Å². The number of hydrogen-bond donors (Lipinski definition) is 2. The van der Waals surface area contributed by atoms with Crippen molar-refractivity contribution in [3.63, 3.8) is 0 Å². The monoisotopic (exact) mass is 395 g/mol. The Morgan fingerprint density at radius 1 is 1.07 bits per heavy atom. The molecule has 1 aromatic heterocycles. The van der Waals surface area contributed by atoms with E-state index in [0.717, 1.165) is 44.8 Å². The molecule has 1 aliphatic heterocycles. The van der Waals surface area contributed by atoms with Crippen LogP contribution in [-0.4, -0.2) is 59.2 Å². The molecule has 1 aromatic carbocycles. The highest BCUT2D eigenvalue weighted by Crippen LogP contribution is 2.34. The van der Waals surface area contributed by atoms with Crippen LogP contribution in [0.5, 0.6) is 0 Å². The molecule has 2 aromatic rings. The van der Waals surface area contributed by atoms with E-state index < -0.39 is 0 Å². The molecule has 4 rings (SSSR count). The van der Waals surface area contributed by atoms with E-state index in [9.17, 15) is 4.79 Å². The molecule has 1 amide bonds. The first-order chi connectivity index (χ1) is 14.3. The Balaban J connectivity index is 1.42. The van der Waals surface area contributed by atoms with E-state index in [-0.39, 0.29) is 11.4 Å². The van der Waals surface area contributed by atoms with Gasteiger partial charge in [-0.15, -0.1) is 0 Å². The number of benzene rings is 1. The largest absolute Gasteiger partial charge is 0.379 e. The summed E-state index contributed by atoms with van der Waals surface area (Å²) >= 11 is 0. The van der Waals surface area contributed by atoms with Crippen LogP contribution in [0.3, 0.4) is 0 Å². The summed E-state index contributed by atoms with van der Waals surface area (Å²) in [6, 6.07) is 9.23. The van der Waals surface area contributed by atoms with Crippen molar-refractivity contribution in [3.05, 3.63) is 48.3 Å². The number of ether oxygens (including phenoxy) is 1. The van der Waals surface area contributed by atoms with Gasteiger partial charge in [0.15, 0.2) is 0 Å². The minimum absolute atomic E-state index is 0.0409. The minimum atomic E-state index is -0.0409. The zero-order chi connectivity index (χ0) is 19.9. The molecule has 2 aliphatic rings. The van der Waals surface area contributed by atoms with Crippen LogP contribution < -0.4 is 10.6 Å². The summed E-state index contributed by atoms with van der Waals surface area (Å²) in [7, 11) is 0. The van der Waals surface area contributed by atoms with E-state index in [0.29, 0.717) is 18.1 Å². The first-order valence-electron chi connectivity index (χ1n) is 10.5. The van der Waals surface area contributed by atoms with Crippen molar-refractivity contribution < 1.29 is 9.53 Å². The summed E-state index contributed by atoms with van der Waals surface area (Å²) in [5.74, 6) is 0.472. The zero-order valence-electron chi connectivity index (χ0n) is 16.8. The highest BCUT2D eigenvalue weighted by Gasteiger charge is 2.38. The Labute approximate surface area is 171 Å². The number of rotatable bonds is 6. The van der Waals surface area contributed by atoms with Gasteiger partial charge in [-0.1, -0.05) is 25.3 Å². The minimum Gasteiger partial charge on any atom is -0.379 e. The molecule has 0 bridgehead atoms. The van der Waals surface area contributed by atoms with Gasteiger partial charge in [0, 0.05) is 48.8 Å². The number of hydrogen-bond acceptors (Lipinski definition) is 6. The first-order valence-corrected chi connectivity index (χ1v) is 10.5. The van der Waals surface area contributed by atoms with Crippen molar-refractivity contribution >= 4 is 17.5 Å². The highest BCUT2D eigenvalue weighted by molar-refractivity contribution is 5.95. The van der Waals surface area contributed by atoms with Crippen LogP contribution in [0.4, 0.5) is 11.6 Å². The second-order valence-corrected chi connectivity index (χ2v) is 7.85. The second-order valence-electron chi connectivity index (χ2n) is 7.85. The number of nitrogens with zero attached hydrogens (tertiary/aromatic N) is 3. The second kappa shape index (κ2) is 9.33. The molecular weight excluding hydrogens is 366 g/mol. The normalized spacial score (nSPS) is 19.4. The summed E-state index contributed by atoms with van der Waals surface area (Å²) < 4.78 is 5.55. The summed E-state index contributed by atoms with van der Waals surface area (Å²) in [5, 5.41) is 6.36. The molecule has 1 aliphatic carbocycles. The van der Waals surface area contributed by atoms with Gasteiger partial charge < -0.3 is 15.4 Å². The molecule has 0 spiro atoms. The van der Waals surface area contributed by atoms with Gasteiger partial charge in [0.25, 0.3) is 5.91 Å². The van der Waals surface area contributed by atoms with Crippen molar-refractivity contribution in [2.24, 2.45) is 0 Å². The number of carbonyl (C=O) groups excluding carboxylic acids is 1. The SMILES string of the molecule is O=C(NCC1(N2CCOCC2)CCCCC1)c1cccc(Nc2ncccn2)c1. The summed E-state index contributed by atoms with van der Waals surface area (Å²) in [4.78, 5) is 23.8. The van der Waals surface area contributed by atoms with E-state index in [4.69, 9.17) is 4.74 Å². The number of aromatic nitrogens is 2. The maximum absolute atomic E-state index is 12.9. The fourth-order valence-corrected chi connectivity index (χ4v) is 4.43. The number of carbonyl (C=O) groups is 1. The van der Waals surface area contributed by atoms with Crippen LogP contribution in [0, 0.1) is 0 Å². The molecule has 29 heavy (non-hydrogen) atoms. The Morgan fingerprint density at radius 3 is 2.59 bits per heavy atom. The van der Waals surface area contributed by atoms with Gasteiger partial charge in [-0.25, -0.2) is 9.97 Å². The third kappa shape index (κ3) is 4.92. The van der Waals surface area contributed by atoms with Crippen molar-refractivity contribution in [3.8, 4) is 0 Å². The lowest BCUT2D eigenvalue weighted by atomic mass is 9.79. The van der Waals surface area contributed by atoms with Gasteiger partial charge >= 0.3 is 0 Å². The van der Waals surface area contributed by atoms with E-state index in [1.165, 1.54) is 19.3 Å². The van der Waals surface area contributed by atoms with Crippen LogP contribution >= 0.6 is 0 Å². The lowest BCUT2D eigenvalue weighted by Crippen LogP contribution is -2.59. The van der Waals surface area contributed by atoms with Gasteiger partial charge in [0.2, 0.25) is 5.95 Å². The molecule has 0 unspecified atom stereocenters. The Hall–Kier alpha value is -2.51.